The largest absolute Gasteiger partial charge is 0.416 e. The molecule has 0 spiro atoms. The zero-order chi connectivity index (χ0) is 18.8. The van der Waals surface area contributed by atoms with Gasteiger partial charge < -0.3 is 10.6 Å². The highest BCUT2D eigenvalue weighted by atomic mass is 19.4. The Hall–Kier alpha value is -2.34. The van der Waals surface area contributed by atoms with E-state index in [4.69, 9.17) is 0 Å². The molecule has 1 fully saturated rings. The molecule has 0 bridgehead atoms. The van der Waals surface area contributed by atoms with Gasteiger partial charge in [0, 0.05) is 12.2 Å². The molecule has 0 heterocycles. The molecular formula is C20H21F3N2O. The lowest BCUT2D eigenvalue weighted by Crippen LogP contribution is -2.28. The van der Waals surface area contributed by atoms with Crippen molar-refractivity contribution in [1.29, 1.82) is 0 Å². The van der Waals surface area contributed by atoms with Gasteiger partial charge in [0.25, 0.3) is 0 Å². The number of amides is 1. The van der Waals surface area contributed by atoms with E-state index in [0.29, 0.717) is 30.6 Å². The maximum atomic E-state index is 13.0. The first kappa shape index (κ1) is 18.5. The number of carbonyl (C=O) groups excluding carboxylic acids is 1. The first-order valence-corrected chi connectivity index (χ1v) is 8.64. The molecule has 6 heteroatoms. The maximum Gasteiger partial charge on any atom is 0.416 e. The molecule has 0 atom stereocenters. The summed E-state index contributed by atoms with van der Waals surface area (Å²) in [4.78, 5) is 12.8. The van der Waals surface area contributed by atoms with Crippen LogP contribution in [0.1, 0.15) is 36.5 Å². The van der Waals surface area contributed by atoms with Crippen LogP contribution in [0, 0.1) is 0 Å². The van der Waals surface area contributed by atoms with E-state index in [-0.39, 0.29) is 5.91 Å². The van der Waals surface area contributed by atoms with E-state index >= 15 is 0 Å². The smallest absolute Gasteiger partial charge is 0.325 e. The summed E-state index contributed by atoms with van der Waals surface area (Å²) in [6, 6.07) is 12.6. The van der Waals surface area contributed by atoms with Crippen LogP contribution in [-0.4, -0.2) is 12.5 Å². The highest BCUT2D eigenvalue weighted by Gasteiger charge is 2.51. The standard InChI is InChI=1S/C20H21F3N2O/c1-2-24-13-14-5-3-8-17(11-14)25-18(26)19(9-10-19)15-6-4-7-16(12-15)20(21,22)23/h3-8,11-12,24H,2,9-10,13H2,1H3,(H,25,26). The Morgan fingerprint density at radius 2 is 1.85 bits per heavy atom. The molecule has 26 heavy (non-hydrogen) atoms. The average Bonchev–Trinajstić information content (AvgIpc) is 3.42. The molecule has 138 valence electrons. The lowest BCUT2D eigenvalue weighted by atomic mass is 9.93. The van der Waals surface area contributed by atoms with Crippen molar-refractivity contribution in [2.45, 2.75) is 37.9 Å². The third-order valence-electron chi connectivity index (χ3n) is 4.69. The van der Waals surface area contributed by atoms with Crippen LogP contribution >= 0.6 is 0 Å². The lowest BCUT2D eigenvalue weighted by Gasteiger charge is -2.18. The van der Waals surface area contributed by atoms with Crippen molar-refractivity contribution in [2.24, 2.45) is 0 Å². The number of hydrogen-bond donors (Lipinski definition) is 2. The van der Waals surface area contributed by atoms with Gasteiger partial charge in [0.1, 0.15) is 0 Å². The van der Waals surface area contributed by atoms with Gasteiger partial charge in [-0.1, -0.05) is 37.3 Å². The Labute approximate surface area is 150 Å². The molecule has 1 amide bonds. The van der Waals surface area contributed by atoms with Gasteiger partial charge in [0.05, 0.1) is 11.0 Å². The predicted octanol–water partition coefficient (Wildman–Crippen LogP) is 4.49. The number of carbonyl (C=O) groups is 1. The van der Waals surface area contributed by atoms with Crippen LogP contribution < -0.4 is 10.6 Å². The van der Waals surface area contributed by atoms with Crippen LogP contribution in [-0.2, 0) is 22.9 Å². The number of anilines is 1. The van der Waals surface area contributed by atoms with Crippen molar-refractivity contribution in [3.63, 3.8) is 0 Å². The van der Waals surface area contributed by atoms with Crippen LogP contribution in [0.25, 0.3) is 0 Å². The molecule has 1 saturated carbocycles. The summed E-state index contributed by atoms with van der Waals surface area (Å²) >= 11 is 0. The predicted molar refractivity (Wildman–Crippen MR) is 94.8 cm³/mol. The van der Waals surface area contributed by atoms with Crippen molar-refractivity contribution in [3.05, 3.63) is 65.2 Å². The maximum absolute atomic E-state index is 13.0. The molecular weight excluding hydrogens is 341 g/mol. The summed E-state index contributed by atoms with van der Waals surface area (Å²) in [5.41, 5.74) is 0.534. The molecule has 1 aliphatic carbocycles. The third kappa shape index (κ3) is 3.90. The first-order valence-electron chi connectivity index (χ1n) is 8.64. The fourth-order valence-corrected chi connectivity index (χ4v) is 3.04. The Bertz CT molecular complexity index is 798. The Kier molecular flexibility index (Phi) is 5.05. The summed E-state index contributed by atoms with van der Waals surface area (Å²) in [6.45, 7) is 3.55. The Balaban J connectivity index is 1.78. The molecule has 2 N–H and O–H groups in total. The van der Waals surface area contributed by atoms with Crippen molar-refractivity contribution in [1.82, 2.24) is 5.32 Å². The number of benzene rings is 2. The Morgan fingerprint density at radius 1 is 1.12 bits per heavy atom. The lowest BCUT2D eigenvalue weighted by molar-refractivity contribution is -0.137. The molecule has 0 unspecified atom stereocenters. The molecule has 2 aromatic carbocycles. The monoisotopic (exact) mass is 362 g/mol. The van der Waals surface area contributed by atoms with Gasteiger partial charge >= 0.3 is 6.18 Å². The molecule has 2 aromatic rings. The van der Waals surface area contributed by atoms with Gasteiger partial charge in [-0.2, -0.15) is 13.2 Å². The van der Waals surface area contributed by atoms with Crippen LogP contribution in [0.5, 0.6) is 0 Å². The van der Waals surface area contributed by atoms with Crippen LogP contribution in [0.4, 0.5) is 18.9 Å². The SMILES string of the molecule is CCNCc1cccc(NC(=O)C2(c3cccc(C(F)(F)F)c3)CC2)c1. The minimum Gasteiger partial charge on any atom is -0.325 e. The van der Waals surface area contributed by atoms with Gasteiger partial charge in [-0.15, -0.1) is 0 Å². The second-order valence-corrected chi connectivity index (χ2v) is 6.60. The fraction of sp³-hybridized carbons (Fsp3) is 0.350. The van der Waals surface area contributed by atoms with Crippen LogP contribution in [0.2, 0.25) is 0 Å². The Morgan fingerprint density at radius 3 is 2.50 bits per heavy atom. The second-order valence-electron chi connectivity index (χ2n) is 6.60. The van der Waals surface area contributed by atoms with Crippen LogP contribution in [0.3, 0.4) is 0 Å². The normalized spacial score (nSPS) is 15.5. The number of hydrogen-bond acceptors (Lipinski definition) is 2. The molecule has 0 aliphatic heterocycles. The topological polar surface area (TPSA) is 41.1 Å². The van der Waals surface area contributed by atoms with E-state index in [9.17, 15) is 18.0 Å². The minimum atomic E-state index is -4.41. The highest BCUT2D eigenvalue weighted by molar-refractivity contribution is 6.01. The van der Waals surface area contributed by atoms with Crippen LogP contribution in [0.15, 0.2) is 48.5 Å². The quantitative estimate of drug-likeness (QED) is 0.795. The van der Waals surface area contributed by atoms with E-state index in [0.717, 1.165) is 24.2 Å². The minimum absolute atomic E-state index is 0.252. The van der Waals surface area contributed by atoms with E-state index in [1.54, 1.807) is 12.1 Å². The molecule has 0 aromatic heterocycles. The highest BCUT2D eigenvalue weighted by Crippen LogP contribution is 2.49. The van der Waals surface area contributed by atoms with Gasteiger partial charge in [-0.3, -0.25) is 4.79 Å². The number of rotatable bonds is 6. The van der Waals surface area contributed by atoms with Gasteiger partial charge in [-0.05, 0) is 48.7 Å². The molecule has 3 rings (SSSR count). The zero-order valence-electron chi connectivity index (χ0n) is 14.5. The molecule has 3 nitrogen and oxygen atoms in total. The van der Waals surface area contributed by atoms with Crippen molar-refractivity contribution < 1.29 is 18.0 Å². The number of alkyl halides is 3. The summed E-state index contributed by atoms with van der Waals surface area (Å²) in [6.07, 6.45) is -3.31. The summed E-state index contributed by atoms with van der Waals surface area (Å²) < 4.78 is 38.9. The summed E-state index contributed by atoms with van der Waals surface area (Å²) in [5, 5.41) is 6.08. The molecule has 0 saturated heterocycles. The number of halogens is 3. The summed E-state index contributed by atoms with van der Waals surface area (Å²) in [7, 11) is 0. The van der Waals surface area contributed by atoms with Gasteiger partial charge in [0.15, 0.2) is 0 Å². The van der Waals surface area contributed by atoms with E-state index < -0.39 is 17.2 Å². The summed E-state index contributed by atoms with van der Waals surface area (Å²) in [5.74, 6) is -0.252. The average molecular weight is 362 g/mol. The molecule has 0 radical (unpaired) electrons. The van der Waals surface area contributed by atoms with E-state index in [1.165, 1.54) is 6.07 Å². The van der Waals surface area contributed by atoms with Crippen molar-refractivity contribution in [2.75, 3.05) is 11.9 Å². The fourth-order valence-electron chi connectivity index (χ4n) is 3.04. The van der Waals surface area contributed by atoms with Gasteiger partial charge in [-0.25, -0.2) is 0 Å². The van der Waals surface area contributed by atoms with E-state index in [1.807, 2.05) is 25.1 Å². The van der Waals surface area contributed by atoms with Crippen molar-refractivity contribution >= 4 is 11.6 Å². The van der Waals surface area contributed by atoms with Gasteiger partial charge in [0.2, 0.25) is 5.91 Å². The zero-order valence-corrected chi connectivity index (χ0v) is 14.5. The third-order valence-corrected chi connectivity index (χ3v) is 4.69. The molecule has 1 aliphatic rings. The first-order chi connectivity index (χ1) is 12.3. The van der Waals surface area contributed by atoms with Crippen molar-refractivity contribution in [3.8, 4) is 0 Å². The second kappa shape index (κ2) is 7.11. The van der Waals surface area contributed by atoms with E-state index in [2.05, 4.69) is 10.6 Å². The number of nitrogens with one attached hydrogen (secondary N) is 2.